The molecule has 2 unspecified atom stereocenters. The Morgan fingerprint density at radius 1 is 1.59 bits per heavy atom. The van der Waals surface area contributed by atoms with Crippen LogP contribution in [-0.2, 0) is 0 Å². The summed E-state index contributed by atoms with van der Waals surface area (Å²) >= 11 is 0. The molecule has 1 rings (SSSR count). The predicted octanol–water partition coefficient (Wildman–Crippen LogP) is 2.81. The van der Waals surface area contributed by atoms with E-state index < -0.39 is 17.3 Å². The van der Waals surface area contributed by atoms with Crippen LogP contribution >= 0.6 is 0 Å². The first kappa shape index (κ1) is 13.5. The SMILES string of the molecule is CCC(C)(C#N)C(O)c1ccc(OC)c(F)c1. The van der Waals surface area contributed by atoms with Gasteiger partial charge in [-0.15, -0.1) is 0 Å². The highest BCUT2D eigenvalue weighted by Crippen LogP contribution is 2.37. The monoisotopic (exact) mass is 237 g/mol. The van der Waals surface area contributed by atoms with Gasteiger partial charge in [-0.3, -0.25) is 0 Å². The zero-order chi connectivity index (χ0) is 13.1. The van der Waals surface area contributed by atoms with E-state index in [0.29, 0.717) is 12.0 Å². The number of aliphatic hydroxyl groups excluding tert-OH is 1. The largest absolute Gasteiger partial charge is 0.494 e. The van der Waals surface area contributed by atoms with Crippen molar-refractivity contribution in [1.82, 2.24) is 0 Å². The van der Waals surface area contributed by atoms with Crippen molar-refractivity contribution in [3.05, 3.63) is 29.6 Å². The van der Waals surface area contributed by atoms with Crippen LogP contribution in [0.3, 0.4) is 0 Å². The van der Waals surface area contributed by atoms with E-state index >= 15 is 0 Å². The molecule has 4 heteroatoms. The number of nitrogens with zero attached hydrogens (tertiary/aromatic N) is 1. The van der Waals surface area contributed by atoms with Gasteiger partial charge in [0.1, 0.15) is 0 Å². The topological polar surface area (TPSA) is 53.2 Å². The summed E-state index contributed by atoms with van der Waals surface area (Å²) in [5.41, 5.74) is -0.532. The van der Waals surface area contributed by atoms with Crippen LogP contribution in [0.15, 0.2) is 18.2 Å². The van der Waals surface area contributed by atoms with E-state index in [9.17, 15) is 9.50 Å². The number of benzene rings is 1. The third-order valence-electron chi connectivity index (χ3n) is 3.08. The van der Waals surface area contributed by atoms with Crippen LogP contribution in [0.2, 0.25) is 0 Å². The van der Waals surface area contributed by atoms with Gasteiger partial charge >= 0.3 is 0 Å². The second kappa shape index (κ2) is 5.15. The Bertz CT molecular complexity index is 442. The summed E-state index contributed by atoms with van der Waals surface area (Å²) in [4.78, 5) is 0. The van der Waals surface area contributed by atoms with Crippen molar-refractivity contribution in [3.8, 4) is 11.8 Å². The molecule has 0 aliphatic heterocycles. The summed E-state index contributed by atoms with van der Waals surface area (Å²) in [5.74, 6) is -0.420. The van der Waals surface area contributed by atoms with Gasteiger partial charge in [-0.1, -0.05) is 13.0 Å². The van der Waals surface area contributed by atoms with Crippen molar-refractivity contribution in [2.24, 2.45) is 5.41 Å². The van der Waals surface area contributed by atoms with Gasteiger partial charge in [-0.2, -0.15) is 5.26 Å². The second-order valence-corrected chi connectivity index (χ2v) is 4.18. The lowest BCUT2D eigenvalue weighted by molar-refractivity contribution is 0.0719. The van der Waals surface area contributed by atoms with E-state index in [1.54, 1.807) is 13.0 Å². The molecular weight excluding hydrogens is 221 g/mol. The highest BCUT2D eigenvalue weighted by Gasteiger charge is 2.32. The van der Waals surface area contributed by atoms with Crippen LogP contribution in [0.1, 0.15) is 31.9 Å². The molecule has 0 aliphatic carbocycles. The first-order chi connectivity index (χ1) is 7.98. The molecule has 0 radical (unpaired) electrons. The molecule has 1 aromatic carbocycles. The van der Waals surface area contributed by atoms with Crippen molar-refractivity contribution in [2.75, 3.05) is 7.11 Å². The Labute approximate surface area is 100 Å². The van der Waals surface area contributed by atoms with Crippen molar-refractivity contribution < 1.29 is 14.2 Å². The first-order valence-corrected chi connectivity index (χ1v) is 5.41. The highest BCUT2D eigenvalue weighted by molar-refractivity contribution is 5.32. The molecular formula is C13H16FNO2. The molecule has 0 heterocycles. The number of methoxy groups -OCH3 is 1. The van der Waals surface area contributed by atoms with Gasteiger partial charge in [-0.05, 0) is 31.0 Å². The number of halogens is 1. The average molecular weight is 237 g/mol. The fraction of sp³-hybridized carbons (Fsp3) is 0.462. The Morgan fingerprint density at radius 3 is 2.65 bits per heavy atom. The zero-order valence-electron chi connectivity index (χ0n) is 10.2. The summed E-state index contributed by atoms with van der Waals surface area (Å²) in [6.07, 6.45) is -0.531. The van der Waals surface area contributed by atoms with Gasteiger partial charge in [0.05, 0.1) is 24.7 Å². The molecule has 17 heavy (non-hydrogen) atoms. The number of aliphatic hydroxyl groups is 1. The first-order valence-electron chi connectivity index (χ1n) is 5.41. The third-order valence-corrected chi connectivity index (χ3v) is 3.08. The Morgan fingerprint density at radius 2 is 2.24 bits per heavy atom. The molecule has 2 atom stereocenters. The van der Waals surface area contributed by atoms with Gasteiger partial charge < -0.3 is 9.84 Å². The zero-order valence-corrected chi connectivity index (χ0v) is 10.2. The molecule has 0 saturated heterocycles. The number of ether oxygens (including phenoxy) is 1. The molecule has 0 amide bonds. The number of nitriles is 1. The average Bonchev–Trinajstić information content (AvgIpc) is 2.36. The van der Waals surface area contributed by atoms with Gasteiger partial charge in [0.2, 0.25) is 0 Å². The molecule has 0 bridgehead atoms. The van der Waals surface area contributed by atoms with E-state index in [4.69, 9.17) is 10.00 Å². The summed E-state index contributed by atoms with van der Waals surface area (Å²) in [6.45, 7) is 3.46. The molecule has 0 saturated carbocycles. The fourth-order valence-electron chi connectivity index (χ4n) is 1.55. The van der Waals surface area contributed by atoms with Crippen LogP contribution in [-0.4, -0.2) is 12.2 Å². The molecule has 0 aliphatic rings. The lowest BCUT2D eigenvalue weighted by Gasteiger charge is -2.26. The van der Waals surface area contributed by atoms with Gasteiger partial charge in [0.15, 0.2) is 11.6 Å². The lowest BCUT2D eigenvalue weighted by atomic mass is 9.80. The predicted molar refractivity (Wildman–Crippen MR) is 61.9 cm³/mol. The molecule has 92 valence electrons. The molecule has 1 N–H and O–H groups in total. The maximum Gasteiger partial charge on any atom is 0.165 e. The standard InChI is InChI=1S/C13H16FNO2/c1-4-13(2,8-15)12(16)9-5-6-11(17-3)10(14)7-9/h5-7,12,16H,4H2,1-3H3. The number of hydrogen-bond acceptors (Lipinski definition) is 3. The minimum absolute atomic E-state index is 0.121. The molecule has 3 nitrogen and oxygen atoms in total. The maximum absolute atomic E-state index is 13.5. The van der Waals surface area contributed by atoms with Crippen molar-refractivity contribution in [1.29, 1.82) is 5.26 Å². The van der Waals surface area contributed by atoms with Crippen molar-refractivity contribution in [3.63, 3.8) is 0 Å². The molecule has 0 spiro atoms. The maximum atomic E-state index is 13.5. The Hall–Kier alpha value is -1.60. The van der Waals surface area contributed by atoms with E-state index in [1.807, 2.05) is 6.92 Å². The highest BCUT2D eigenvalue weighted by atomic mass is 19.1. The number of hydrogen-bond donors (Lipinski definition) is 1. The Kier molecular flexibility index (Phi) is 4.08. The van der Waals surface area contributed by atoms with Crippen LogP contribution < -0.4 is 4.74 Å². The summed E-state index contributed by atoms with van der Waals surface area (Å²) in [6, 6.07) is 6.29. The second-order valence-electron chi connectivity index (χ2n) is 4.18. The smallest absolute Gasteiger partial charge is 0.165 e. The quantitative estimate of drug-likeness (QED) is 0.876. The molecule has 0 fully saturated rings. The van der Waals surface area contributed by atoms with Gasteiger partial charge in [0.25, 0.3) is 0 Å². The Balaban J connectivity index is 3.10. The van der Waals surface area contributed by atoms with Crippen LogP contribution in [0.4, 0.5) is 4.39 Å². The molecule has 1 aromatic rings. The van der Waals surface area contributed by atoms with Crippen LogP contribution in [0.25, 0.3) is 0 Å². The van der Waals surface area contributed by atoms with E-state index in [-0.39, 0.29) is 5.75 Å². The normalized spacial score (nSPS) is 15.8. The summed E-state index contributed by atoms with van der Waals surface area (Å²) < 4.78 is 18.3. The van der Waals surface area contributed by atoms with Gasteiger partial charge in [-0.25, -0.2) is 4.39 Å². The minimum atomic E-state index is -1.02. The van der Waals surface area contributed by atoms with Crippen molar-refractivity contribution in [2.45, 2.75) is 26.4 Å². The van der Waals surface area contributed by atoms with Crippen LogP contribution in [0.5, 0.6) is 5.75 Å². The lowest BCUT2D eigenvalue weighted by Crippen LogP contribution is -2.23. The molecule has 0 aromatic heterocycles. The minimum Gasteiger partial charge on any atom is -0.494 e. The van der Waals surface area contributed by atoms with Crippen molar-refractivity contribution >= 4 is 0 Å². The summed E-state index contributed by atoms with van der Waals surface area (Å²) in [5, 5.41) is 19.2. The number of rotatable bonds is 4. The third kappa shape index (κ3) is 2.56. The summed E-state index contributed by atoms with van der Waals surface area (Å²) in [7, 11) is 1.37. The van der Waals surface area contributed by atoms with E-state index in [2.05, 4.69) is 6.07 Å². The van der Waals surface area contributed by atoms with E-state index in [0.717, 1.165) is 0 Å². The van der Waals surface area contributed by atoms with Crippen LogP contribution in [0, 0.1) is 22.6 Å². The van der Waals surface area contributed by atoms with Gasteiger partial charge in [0, 0.05) is 0 Å². The fourth-order valence-corrected chi connectivity index (χ4v) is 1.55. The van der Waals surface area contributed by atoms with E-state index in [1.165, 1.54) is 19.2 Å².